The van der Waals surface area contributed by atoms with Gasteiger partial charge in [0, 0.05) is 18.1 Å². The van der Waals surface area contributed by atoms with Crippen LogP contribution in [0.4, 0.5) is 11.4 Å². The largest absolute Gasteiger partial charge is 0.506 e. The van der Waals surface area contributed by atoms with Gasteiger partial charge in [-0.3, -0.25) is 14.9 Å². The van der Waals surface area contributed by atoms with Crippen LogP contribution >= 0.6 is 0 Å². The zero-order valence-corrected chi connectivity index (χ0v) is 10.2. The van der Waals surface area contributed by atoms with E-state index in [-0.39, 0.29) is 28.9 Å². The summed E-state index contributed by atoms with van der Waals surface area (Å²) in [6.45, 7) is 0. The van der Waals surface area contributed by atoms with E-state index in [1.807, 2.05) is 12.2 Å². The summed E-state index contributed by atoms with van der Waals surface area (Å²) in [7, 11) is 0. The predicted molar refractivity (Wildman–Crippen MR) is 69.9 cm³/mol. The number of rotatable bonds is 3. The molecule has 0 saturated heterocycles. The van der Waals surface area contributed by atoms with Crippen molar-refractivity contribution < 1.29 is 14.8 Å². The number of nitro groups is 1. The van der Waals surface area contributed by atoms with Crippen molar-refractivity contribution in [2.24, 2.45) is 5.92 Å². The number of aromatic hydroxyl groups is 1. The van der Waals surface area contributed by atoms with Crippen LogP contribution in [0.15, 0.2) is 30.4 Å². The molecule has 0 aliphatic heterocycles. The second-order valence-electron chi connectivity index (χ2n) is 4.43. The van der Waals surface area contributed by atoms with Crippen LogP contribution in [0.25, 0.3) is 0 Å². The number of non-ortho nitro benzene ring substituents is 1. The molecule has 2 N–H and O–H groups in total. The maximum Gasteiger partial charge on any atom is 0.271 e. The standard InChI is InChI=1S/C13H14N2O4/c16-12-7-6-10(15(18)19)8-11(12)14-13(17)9-4-2-1-3-5-9/h1-2,6-9,16H,3-5H2,(H,14,17). The summed E-state index contributed by atoms with van der Waals surface area (Å²) in [5, 5.41) is 22.8. The van der Waals surface area contributed by atoms with Crippen molar-refractivity contribution in [2.75, 3.05) is 5.32 Å². The number of nitrogens with zero attached hydrogens (tertiary/aromatic N) is 1. The topological polar surface area (TPSA) is 92.5 Å². The van der Waals surface area contributed by atoms with E-state index in [0.717, 1.165) is 18.9 Å². The highest BCUT2D eigenvalue weighted by Crippen LogP contribution is 2.29. The number of hydrogen-bond donors (Lipinski definition) is 2. The van der Waals surface area contributed by atoms with Crippen LogP contribution in [-0.4, -0.2) is 15.9 Å². The average molecular weight is 262 g/mol. The Morgan fingerprint density at radius 3 is 2.84 bits per heavy atom. The fourth-order valence-electron chi connectivity index (χ4n) is 2.00. The van der Waals surface area contributed by atoms with E-state index < -0.39 is 4.92 Å². The van der Waals surface area contributed by atoms with Gasteiger partial charge in [-0.25, -0.2) is 0 Å². The van der Waals surface area contributed by atoms with Gasteiger partial charge in [0.1, 0.15) is 5.75 Å². The lowest BCUT2D eigenvalue weighted by Gasteiger charge is -2.17. The summed E-state index contributed by atoms with van der Waals surface area (Å²) in [5.74, 6) is -0.547. The molecule has 0 aromatic heterocycles. The van der Waals surface area contributed by atoms with E-state index in [0.29, 0.717) is 6.42 Å². The first kappa shape index (κ1) is 13.1. The highest BCUT2D eigenvalue weighted by Gasteiger charge is 2.20. The lowest BCUT2D eigenvalue weighted by atomic mass is 9.93. The van der Waals surface area contributed by atoms with Crippen molar-refractivity contribution in [3.63, 3.8) is 0 Å². The van der Waals surface area contributed by atoms with Crippen molar-refractivity contribution in [2.45, 2.75) is 19.3 Å². The minimum Gasteiger partial charge on any atom is -0.506 e. The molecule has 1 aliphatic rings. The molecule has 0 fully saturated rings. The van der Waals surface area contributed by atoms with Crippen LogP contribution in [0.5, 0.6) is 5.75 Å². The van der Waals surface area contributed by atoms with Crippen molar-refractivity contribution in [3.05, 3.63) is 40.5 Å². The van der Waals surface area contributed by atoms with E-state index >= 15 is 0 Å². The fourth-order valence-corrected chi connectivity index (χ4v) is 2.00. The summed E-state index contributed by atoms with van der Waals surface area (Å²) < 4.78 is 0. The molecule has 1 amide bonds. The molecule has 1 aromatic rings. The van der Waals surface area contributed by atoms with Crippen LogP contribution in [-0.2, 0) is 4.79 Å². The summed E-state index contributed by atoms with van der Waals surface area (Å²) in [4.78, 5) is 22.1. The third kappa shape index (κ3) is 3.09. The summed E-state index contributed by atoms with van der Waals surface area (Å²) in [5.41, 5.74) is -0.0922. The van der Waals surface area contributed by atoms with Crippen LogP contribution in [0.3, 0.4) is 0 Å². The molecule has 1 unspecified atom stereocenters. The van der Waals surface area contributed by atoms with Gasteiger partial charge in [0.2, 0.25) is 5.91 Å². The maximum absolute atomic E-state index is 12.0. The molecule has 0 heterocycles. The zero-order chi connectivity index (χ0) is 13.8. The molecule has 1 aromatic carbocycles. The number of nitrogens with one attached hydrogen (secondary N) is 1. The Bertz CT molecular complexity index is 539. The van der Waals surface area contributed by atoms with Gasteiger partial charge in [-0.05, 0) is 25.3 Å². The zero-order valence-electron chi connectivity index (χ0n) is 10.2. The maximum atomic E-state index is 12.0. The van der Waals surface area contributed by atoms with E-state index in [1.54, 1.807) is 0 Å². The molecule has 6 nitrogen and oxygen atoms in total. The third-order valence-corrected chi connectivity index (χ3v) is 3.09. The Kier molecular flexibility index (Phi) is 3.79. The van der Waals surface area contributed by atoms with E-state index in [4.69, 9.17) is 0 Å². The smallest absolute Gasteiger partial charge is 0.271 e. The Labute approximate surface area is 109 Å². The number of allylic oxidation sites excluding steroid dienone is 2. The molecule has 0 bridgehead atoms. The van der Waals surface area contributed by atoms with Crippen molar-refractivity contribution in [1.29, 1.82) is 0 Å². The number of hydrogen-bond acceptors (Lipinski definition) is 4. The first-order valence-corrected chi connectivity index (χ1v) is 6.01. The van der Waals surface area contributed by atoms with Gasteiger partial charge >= 0.3 is 0 Å². The molecule has 2 rings (SSSR count). The normalized spacial score (nSPS) is 18.0. The van der Waals surface area contributed by atoms with Gasteiger partial charge < -0.3 is 10.4 Å². The highest BCUT2D eigenvalue weighted by atomic mass is 16.6. The lowest BCUT2D eigenvalue weighted by Crippen LogP contribution is -2.23. The molecule has 0 radical (unpaired) electrons. The van der Waals surface area contributed by atoms with E-state index in [1.165, 1.54) is 12.1 Å². The third-order valence-electron chi connectivity index (χ3n) is 3.09. The molecule has 1 atom stereocenters. The molecule has 19 heavy (non-hydrogen) atoms. The monoisotopic (exact) mass is 262 g/mol. The molecule has 0 spiro atoms. The van der Waals surface area contributed by atoms with Gasteiger partial charge in [-0.2, -0.15) is 0 Å². The summed E-state index contributed by atoms with van der Waals surface area (Å²) >= 11 is 0. The van der Waals surface area contributed by atoms with Crippen molar-refractivity contribution >= 4 is 17.3 Å². The van der Waals surface area contributed by atoms with Crippen LogP contribution in [0.2, 0.25) is 0 Å². The second kappa shape index (κ2) is 5.51. The number of amides is 1. The number of benzene rings is 1. The summed E-state index contributed by atoms with van der Waals surface area (Å²) in [6, 6.07) is 3.55. The fraction of sp³-hybridized carbons (Fsp3) is 0.308. The van der Waals surface area contributed by atoms with E-state index in [2.05, 4.69) is 5.32 Å². The molecule has 0 saturated carbocycles. The molecular formula is C13H14N2O4. The Hall–Kier alpha value is -2.37. The number of phenols is 1. The molecule has 1 aliphatic carbocycles. The van der Waals surface area contributed by atoms with Crippen LogP contribution < -0.4 is 5.32 Å². The molecular weight excluding hydrogens is 248 g/mol. The Morgan fingerprint density at radius 2 is 2.21 bits per heavy atom. The number of carbonyl (C=O) groups excluding carboxylic acids is 1. The van der Waals surface area contributed by atoms with Crippen molar-refractivity contribution in [3.8, 4) is 5.75 Å². The first-order valence-electron chi connectivity index (χ1n) is 6.01. The van der Waals surface area contributed by atoms with Gasteiger partial charge in [0.25, 0.3) is 5.69 Å². The minimum atomic E-state index is -0.571. The van der Waals surface area contributed by atoms with Crippen LogP contribution in [0.1, 0.15) is 19.3 Å². The number of anilines is 1. The second-order valence-corrected chi connectivity index (χ2v) is 4.43. The minimum absolute atomic E-state index is 0.0775. The van der Waals surface area contributed by atoms with Crippen molar-refractivity contribution in [1.82, 2.24) is 0 Å². The first-order chi connectivity index (χ1) is 9.08. The lowest BCUT2D eigenvalue weighted by molar-refractivity contribution is -0.384. The van der Waals surface area contributed by atoms with Gasteiger partial charge in [-0.15, -0.1) is 0 Å². The van der Waals surface area contributed by atoms with Gasteiger partial charge in [0.15, 0.2) is 0 Å². The molecule has 6 heteroatoms. The predicted octanol–water partition coefficient (Wildman–Crippen LogP) is 2.60. The number of carbonyl (C=O) groups is 1. The highest BCUT2D eigenvalue weighted by molar-refractivity contribution is 5.94. The molecule has 100 valence electrons. The Balaban J connectivity index is 2.13. The average Bonchev–Trinajstić information content (AvgIpc) is 2.42. The van der Waals surface area contributed by atoms with Gasteiger partial charge in [-0.1, -0.05) is 12.2 Å². The Morgan fingerprint density at radius 1 is 1.42 bits per heavy atom. The number of phenolic OH excluding ortho intramolecular Hbond substituents is 1. The van der Waals surface area contributed by atoms with Crippen LogP contribution in [0, 0.1) is 16.0 Å². The number of nitro benzene ring substituents is 1. The van der Waals surface area contributed by atoms with Gasteiger partial charge in [0.05, 0.1) is 10.6 Å². The SMILES string of the molecule is O=C(Nc1cc([N+](=O)[O-])ccc1O)C1CC=CCC1. The summed E-state index contributed by atoms with van der Waals surface area (Å²) in [6.07, 6.45) is 6.22. The quantitative estimate of drug-likeness (QED) is 0.379. The van der Waals surface area contributed by atoms with E-state index in [9.17, 15) is 20.0 Å².